The number of carboxylic acid groups (broad SMARTS) is 1. The first-order valence-corrected chi connectivity index (χ1v) is 22.3. The molecule has 0 saturated carbocycles. The number of carbonyl (C=O) groups is 3. The second-order valence-corrected chi connectivity index (χ2v) is 17.3. The molecule has 9 rings (SSSR count). The van der Waals surface area contributed by atoms with Crippen molar-refractivity contribution in [2.24, 2.45) is 0 Å². The Morgan fingerprint density at radius 1 is 0.773 bits per heavy atom. The number of benzene rings is 6. The normalized spacial score (nSPS) is 12.3. The molecule has 0 spiro atoms. The lowest BCUT2D eigenvalue weighted by molar-refractivity contribution is -0.116. The first kappa shape index (κ1) is 43.4. The van der Waals surface area contributed by atoms with Crippen LogP contribution in [0.15, 0.2) is 132 Å². The van der Waals surface area contributed by atoms with Crippen molar-refractivity contribution in [1.29, 1.82) is 0 Å². The largest absolute Gasteiger partial charge is 0.478 e. The fraction of sp³-hybridized carbons (Fsp3) is 0.222. The Kier molecular flexibility index (Phi) is 12.3. The van der Waals surface area contributed by atoms with E-state index in [1.54, 1.807) is 12.1 Å². The summed E-state index contributed by atoms with van der Waals surface area (Å²) in [6, 6.07) is 41.0. The average molecular weight is 879 g/mol. The SMILES string of the molecule is CN(C)c1ccc2c(-c3ccc(C(=O)NCCCCCC(=O)Nc4ccc(-c5nc(NC6Cc7ccccc7C6)c6ccccc6n5)cc4)cc3C(=O)O)c3ccc(=[N+](C)C)cc-3oc2c1. The Bertz CT molecular complexity index is 3170. The summed E-state index contributed by atoms with van der Waals surface area (Å²) in [7, 11) is 7.80. The molecule has 0 atom stereocenters. The van der Waals surface area contributed by atoms with Crippen LogP contribution in [0, 0.1) is 0 Å². The lowest BCUT2D eigenvalue weighted by Crippen LogP contribution is -2.25. The highest BCUT2D eigenvalue weighted by Gasteiger charge is 2.25. The van der Waals surface area contributed by atoms with Crippen LogP contribution >= 0.6 is 0 Å². The summed E-state index contributed by atoms with van der Waals surface area (Å²) in [5, 5.41) is 22.8. The van der Waals surface area contributed by atoms with Gasteiger partial charge >= 0.3 is 5.97 Å². The number of hydrogen-bond donors (Lipinski definition) is 4. The molecular weight excluding hydrogens is 827 g/mol. The highest BCUT2D eigenvalue weighted by molar-refractivity contribution is 6.09. The highest BCUT2D eigenvalue weighted by atomic mass is 16.4. The van der Waals surface area contributed by atoms with Crippen molar-refractivity contribution < 1.29 is 23.9 Å². The van der Waals surface area contributed by atoms with Gasteiger partial charge in [-0.1, -0.05) is 48.9 Å². The zero-order valence-electron chi connectivity index (χ0n) is 37.5. The molecule has 332 valence electrons. The number of para-hydroxylation sites is 1. The minimum Gasteiger partial charge on any atom is -0.478 e. The maximum Gasteiger partial charge on any atom is 0.336 e. The van der Waals surface area contributed by atoms with E-state index in [9.17, 15) is 19.5 Å². The second kappa shape index (κ2) is 18.7. The Labute approximate surface area is 383 Å². The number of hydrogen-bond acceptors (Lipinski definition) is 8. The molecule has 0 saturated heterocycles. The van der Waals surface area contributed by atoms with E-state index in [0.29, 0.717) is 54.2 Å². The molecule has 5 aromatic carbocycles. The summed E-state index contributed by atoms with van der Waals surface area (Å²) in [5.41, 5.74) is 8.93. The van der Waals surface area contributed by atoms with Gasteiger partial charge in [0, 0.05) is 89.6 Å². The molecule has 0 fully saturated rings. The zero-order chi connectivity index (χ0) is 45.9. The van der Waals surface area contributed by atoms with Crippen LogP contribution in [0.25, 0.3) is 55.7 Å². The number of aromatic nitrogens is 2. The van der Waals surface area contributed by atoms with Gasteiger partial charge < -0.3 is 30.4 Å². The number of carbonyl (C=O) groups excluding carboxylic acids is 2. The van der Waals surface area contributed by atoms with E-state index in [-0.39, 0.29) is 29.0 Å². The third-order valence-electron chi connectivity index (χ3n) is 12.3. The predicted octanol–water partition coefficient (Wildman–Crippen LogP) is 9.12. The van der Waals surface area contributed by atoms with Crippen LogP contribution in [-0.4, -0.2) is 73.6 Å². The number of nitrogens with one attached hydrogen (secondary N) is 3. The number of aromatic carboxylic acids is 1. The minimum absolute atomic E-state index is 0.0143. The van der Waals surface area contributed by atoms with Crippen LogP contribution < -0.4 is 30.8 Å². The van der Waals surface area contributed by atoms with Crippen LogP contribution in [0.1, 0.15) is 57.5 Å². The van der Waals surface area contributed by atoms with Crippen LogP contribution in [0.5, 0.6) is 0 Å². The molecule has 2 heterocycles. The monoisotopic (exact) mass is 878 g/mol. The van der Waals surface area contributed by atoms with E-state index >= 15 is 0 Å². The molecule has 4 N–H and O–H groups in total. The molecular formula is C54H52N7O5+. The van der Waals surface area contributed by atoms with Crippen molar-refractivity contribution in [3.8, 4) is 33.8 Å². The number of anilines is 3. The van der Waals surface area contributed by atoms with Gasteiger partial charge in [0.05, 0.1) is 17.1 Å². The molecule has 0 bridgehead atoms. The molecule has 66 heavy (non-hydrogen) atoms. The Morgan fingerprint density at radius 2 is 1.52 bits per heavy atom. The fourth-order valence-electron chi connectivity index (χ4n) is 8.78. The van der Waals surface area contributed by atoms with Gasteiger partial charge in [0.25, 0.3) is 5.91 Å². The maximum atomic E-state index is 13.3. The summed E-state index contributed by atoms with van der Waals surface area (Å²) < 4.78 is 8.41. The highest BCUT2D eigenvalue weighted by Crippen LogP contribution is 2.42. The molecule has 2 aliphatic carbocycles. The first-order valence-electron chi connectivity index (χ1n) is 22.3. The third kappa shape index (κ3) is 9.21. The number of fused-ring (bicyclic) bond motifs is 4. The van der Waals surface area contributed by atoms with Crippen molar-refractivity contribution in [3.05, 3.63) is 155 Å². The summed E-state index contributed by atoms with van der Waals surface area (Å²) in [5.74, 6) is 0.440. The molecule has 12 heteroatoms. The molecule has 0 unspecified atom stereocenters. The van der Waals surface area contributed by atoms with Gasteiger partial charge in [-0.3, -0.25) is 9.59 Å². The van der Waals surface area contributed by atoms with E-state index in [0.717, 1.165) is 69.1 Å². The van der Waals surface area contributed by atoms with Crippen LogP contribution in [0.3, 0.4) is 0 Å². The van der Waals surface area contributed by atoms with E-state index in [1.807, 2.05) is 123 Å². The number of unbranched alkanes of at least 4 members (excludes halogenated alkanes) is 2. The topological polar surface area (TPSA) is 153 Å². The van der Waals surface area contributed by atoms with Gasteiger partial charge in [0.2, 0.25) is 11.3 Å². The van der Waals surface area contributed by atoms with Crippen molar-refractivity contribution in [2.45, 2.75) is 44.6 Å². The molecule has 1 aromatic heterocycles. The molecule has 2 amide bonds. The zero-order valence-corrected chi connectivity index (χ0v) is 37.5. The molecule has 0 radical (unpaired) electrons. The number of nitrogens with zero attached hydrogens (tertiary/aromatic N) is 4. The van der Waals surface area contributed by atoms with E-state index < -0.39 is 5.97 Å². The van der Waals surface area contributed by atoms with Crippen LogP contribution in [0.4, 0.5) is 17.2 Å². The lowest BCUT2D eigenvalue weighted by atomic mass is 9.89. The van der Waals surface area contributed by atoms with E-state index in [1.165, 1.54) is 17.2 Å². The lowest BCUT2D eigenvalue weighted by Gasteiger charge is -2.19. The predicted molar refractivity (Wildman–Crippen MR) is 262 cm³/mol. The number of rotatable bonds is 14. The Balaban J connectivity index is 0.795. The van der Waals surface area contributed by atoms with Crippen molar-refractivity contribution >= 4 is 56.8 Å². The van der Waals surface area contributed by atoms with E-state index in [2.05, 4.69) is 40.2 Å². The van der Waals surface area contributed by atoms with Crippen molar-refractivity contribution in [3.63, 3.8) is 0 Å². The average Bonchev–Trinajstić information content (AvgIpc) is 3.74. The third-order valence-corrected chi connectivity index (χ3v) is 12.3. The van der Waals surface area contributed by atoms with Crippen LogP contribution in [0.2, 0.25) is 0 Å². The second-order valence-electron chi connectivity index (χ2n) is 17.3. The molecule has 12 nitrogen and oxygen atoms in total. The standard InChI is InChI=1S/C54H51N7O5/c1-60(2)39-22-25-43-47(31-39)66-48-32-40(61(3)4)23-26-44(48)50(43)41-24-19-36(30-45(41)54(64)65)53(63)55-27-11-5-6-16-49(62)56-37-20-17-33(18-21-37)51-58-46-15-10-9-14-42(46)52(59-51)57-38-28-34-12-7-8-13-35(34)29-38/h7-10,12-15,17-26,30-32,38H,5-6,11,16,27-29H2,1-4H3,(H3-,55,56,57,58,59,62,63,64,65)/p+1. The number of carboxylic acids is 1. The van der Waals surface area contributed by atoms with Gasteiger partial charge in [-0.2, -0.15) is 0 Å². The Hall–Kier alpha value is -7.86. The quantitative estimate of drug-likeness (QED) is 0.0476. The molecule has 3 aliphatic rings. The van der Waals surface area contributed by atoms with Crippen LogP contribution in [-0.2, 0) is 17.6 Å². The number of amides is 2. The smallest absolute Gasteiger partial charge is 0.336 e. The van der Waals surface area contributed by atoms with Gasteiger partial charge in [-0.25, -0.2) is 19.3 Å². The summed E-state index contributed by atoms with van der Waals surface area (Å²) in [6.07, 6.45) is 4.24. The van der Waals surface area contributed by atoms with Gasteiger partial charge in [0.15, 0.2) is 5.82 Å². The summed E-state index contributed by atoms with van der Waals surface area (Å²) in [4.78, 5) is 50.9. The van der Waals surface area contributed by atoms with Gasteiger partial charge in [0.1, 0.15) is 31.3 Å². The molecule has 6 aromatic rings. The first-order chi connectivity index (χ1) is 32.0. The van der Waals surface area contributed by atoms with Gasteiger partial charge in [-0.05, 0) is 109 Å². The fourth-order valence-corrected chi connectivity index (χ4v) is 8.78. The maximum absolute atomic E-state index is 13.3. The molecule has 1 aliphatic heterocycles. The minimum atomic E-state index is -1.14. The van der Waals surface area contributed by atoms with Crippen molar-refractivity contribution in [2.75, 3.05) is 50.3 Å². The Morgan fingerprint density at radius 3 is 2.26 bits per heavy atom. The summed E-state index contributed by atoms with van der Waals surface area (Å²) >= 11 is 0. The van der Waals surface area contributed by atoms with Gasteiger partial charge in [-0.15, -0.1) is 0 Å². The van der Waals surface area contributed by atoms with E-state index in [4.69, 9.17) is 14.4 Å². The van der Waals surface area contributed by atoms with Crippen molar-refractivity contribution in [1.82, 2.24) is 19.9 Å². The summed E-state index contributed by atoms with van der Waals surface area (Å²) in [6.45, 7) is 0.381.